The molecular formula is C30H30N6OS2. The largest absolute Gasteiger partial charge is 0.382 e. The highest BCUT2D eigenvalue weighted by Crippen LogP contribution is 2.51. The Kier molecular flexibility index (Phi) is 8.27. The van der Waals surface area contributed by atoms with E-state index in [0.717, 1.165) is 46.5 Å². The molecule has 9 heteroatoms. The van der Waals surface area contributed by atoms with Crippen LogP contribution < -0.4 is 10.2 Å². The summed E-state index contributed by atoms with van der Waals surface area (Å²) in [5, 5.41) is 14.6. The molecule has 39 heavy (non-hydrogen) atoms. The summed E-state index contributed by atoms with van der Waals surface area (Å²) in [5.41, 5.74) is 4.14. The number of nitrogens with zero attached hydrogens (tertiary/aromatic N) is 5. The standard InChI is InChI=1S/C30H30N6OS2/c1-4-35-25-12-8-9-13-26(25)38-29(35)27-28(37)36(20-21-10-6-5-7-11-21)30(39-27)33-24-18-22(19-31)14-15-23(24)32-16-17-34(2)3/h5-15,18,32H,4,16-17,20H2,1-3H3/b29-27-,33-30?. The summed E-state index contributed by atoms with van der Waals surface area (Å²) >= 11 is 3.04. The molecule has 7 nitrogen and oxygen atoms in total. The fourth-order valence-corrected chi connectivity index (χ4v) is 6.79. The molecule has 5 rings (SSSR count). The maximum atomic E-state index is 14.0. The van der Waals surface area contributed by atoms with Crippen LogP contribution in [0, 0.1) is 11.3 Å². The Hall–Kier alpha value is -3.71. The lowest BCUT2D eigenvalue weighted by molar-refractivity contribution is -0.122. The third-order valence-electron chi connectivity index (χ3n) is 6.38. The summed E-state index contributed by atoms with van der Waals surface area (Å²) in [5.74, 6) is -0.0603. The van der Waals surface area contributed by atoms with Gasteiger partial charge >= 0.3 is 0 Å². The second kappa shape index (κ2) is 12.0. The molecule has 0 aromatic heterocycles. The van der Waals surface area contributed by atoms with Gasteiger partial charge in [-0.3, -0.25) is 9.69 Å². The zero-order valence-electron chi connectivity index (χ0n) is 22.2. The van der Waals surface area contributed by atoms with Gasteiger partial charge in [-0.15, -0.1) is 0 Å². The highest BCUT2D eigenvalue weighted by molar-refractivity contribution is 8.19. The minimum Gasteiger partial charge on any atom is -0.382 e. The van der Waals surface area contributed by atoms with Crippen LogP contribution in [0.2, 0.25) is 0 Å². The molecule has 198 valence electrons. The number of fused-ring (bicyclic) bond motifs is 1. The minimum atomic E-state index is -0.0603. The third kappa shape index (κ3) is 5.83. The number of carbonyl (C=O) groups excluding carboxylic acids is 1. The van der Waals surface area contributed by atoms with Crippen molar-refractivity contribution >= 4 is 51.7 Å². The van der Waals surface area contributed by atoms with Gasteiger partial charge in [0.15, 0.2) is 5.17 Å². The summed E-state index contributed by atoms with van der Waals surface area (Å²) < 4.78 is 0. The number of carbonyl (C=O) groups is 1. The van der Waals surface area contributed by atoms with E-state index in [-0.39, 0.29) is 5.91 Å². The summed E-state index contributed by atoms with van der Waals surface area (Å²) in [4.78, 5) is 26.9. The number of anilines is 2. The molecule has 1 fully saturated rings. The van der Waals surface area contributed by atoms with E-state index >= 15 is 0 Å². The zero-order chi connectivity index (χ0) is 27.4. The van der Waals surface area contributed by atoms with Gasteiger partial charge in [0.05, 0.1) is 35.2 Å². The zero-order valence-corrected chi connectivity index (χ0v) is 23.9. The van der Waals surface area contributed by atoms with E-state index in [4.69, 9.17) is 4.99 Å². The number of amidine groups is 1. The maximum Gasteiger partial charge on any atom is 0.269 e. The van der Waals surface area contributed by atoms with Gasteiger partial charge in [-0.2, -0.15) is 5.26 Å². The summed E-state index contributed by atoms with van der Waals surface area (Å²) in [6.45, 7) is 4.85. The predicted octanol–water partition coefficient (Wildman–Crippen LogP) is 6.10. The molecule has 1 N–H and O–H groups in total. The van der Waals surface area contributed by atoms with Crippen LogP contribution in [0.5, 0.6) is 0 Å². The number of benzene rings is 3. The van der Waals surface area contributed by atoms with Crippen molar-refractivity contribution in [3.8, 4) is 6.07 Å². The van der Waals surface area contributed by atoms with Gasteiger partial charge in [0.2, 0.25) is 0 Å². The first-order chi connectivity index (χ1) is 19.0. The predicted molar refractivity (Wildman–Crippen MR) is 162 cm³/mol. The van der Waals surface area contributed by atoms with E-state index in [1.54, 1.807) is 28.8 Å². The lowest BCUT2D eigenvalue weighted by atomic mass is 10.2. The molecule has 3 aromatic rings. The summed E-state index contributed by atoms with van der Waals surface area (Å²) in [6.07, 6.45) is 0. The van der Waals surface area contributed by atoms with Gasteiger partial charge in [0.25, 0.3) is 5.91 Å². The molecule has 0 atom stereocenters. The molecule has 0 saturated carbocycles. The number of para-hydroxylation sites is 1. The van der Waals surface area contributed by atoms with Crippen LogP contribution >= 0.6 is 23.5 Å². The number of nitrogens with one attached hydrogen (secondary N) is 1. The second-order valence-electron chi connectivity index (χ2n) is 9.40. The Morgan fingerprint density at radius 3 is 2.51 bits per heavy atom. The summed E-state index contributed by atoms with van der Waals surface area (Å²) in [6, 6.07) is 25.9. The van der Waals surface area contributed by atoms with Gasteiger partial charge in [-0.25, -0.2) is 4.99 Å². The van der Waals surface area contributed by atoms with Gasteiger partial charge in [-0.1, -0.05) is 54.2 Å². The topological polar surface area (TPSA) is 75.0 Å². The van der Waals surface area contributed by atoms with E-state index in [9.17, 15) is 10.1 Å². The lowest BCUT2D eigenvalue weighted by Crippen LogP contribution is -2.29. The Morgan fingerprint density at radius 2 is 1.77 bits per heavy atom. The van der Waals surface area contributed by atoms with Crippen molar-refractivity contribution in [1.82, 2.24) is 9.80 Å². The molecule has 2 heterocycles. The minimum absolute atomic E-state index is 0.0603. The van der Waals surface area contributed by atoms with E-state index < -0.39 is 0 Å². The molecule has 0 aliphatic carbocycles. The number of aliphatic imine (C=N–C) groups is 1. The number of nitriles is 1. The number of hydrogen-bond acceptors (Lipinski definition) is 8. The second-order valence-corrected chi connectivity index (χ2v) is 11.4. The number of hydrogen-bond donors (Lipinski definition) is 1. The fraction of sp³-hybridized carbons (Fsp3) is 0.233. The molecule has 1 saturated heterocycles. The van der Waals surface area contributed by atoms with Crippen LogP contribution in [-0.2, 0) is 11.3 Å². The van der Waals surface area contributed by atoms with Gasteiger partial charge in [0.1, 0.15) is 9.93 Å². The van der Waals surface area contributed by atoms with Crippen LogP contribution in [-0.4, -0.2) is 54.6 Å². The first kappa shape index (κ1) is 26.9. The number of rotatable bonds is 8. The van der Waals surface area contributed by atoms with Crippen molar-refractivity contribution in [2.75, 3.05) is 43.9 Å². The van der Waals surface area contributed by atoms with E-state index in [2.05, 4.69) is 40.2 Å². The van der Waals surface area contributed by atoms with Crippen LogP contribution in [0.1, 0.15) is 18.1 Å². The highest BCUT2D eigenvalue weighted by atomic mass is 32.2. The van der Waals surface area contributed by atoms with Gasteiger partial charge in [-0.05, 0) is 68.7 Å². The van der Waals surface area contributed by atoms with Gasteiger partial charge < -0.3 is 15.1 Å². The summed E-state index contributed by atoms with van der Waals surface area (Å²) in [7, 11) is 4.05. The van der Waals surface area contributed by atoms with Crippen LogP contribution in [0.25, 0.3) is 0 Å². The molecule has 0 radical (unpaired) electrons. The number of likely N-dealkylation sites (N-methyl/N-ethyl adjacent to an activating group) is 1. The highest BCUT2D eigenvalue weighted by Gasteiger charge is 2.39. The Morgan fingerprint density at radius 1 is 1.00 bits per heavy atom. The van der Waals surface area contributed by atoms with E-state index in [1.165, 1.54) is 11.8 Å². The maximum absolute atomic E-state index is 14.0. The quantitative estimate of drug-likeness (QED) is 0.338. The molecule has 3 aromatic carbocycles. The monoisotopic (exact) mass is 554 g/mol. The first-order valence-corrected chi connectivity index (χ1v) is 14.5. The van der Waals surface area contributed by atoms with Crippen molar-refractivity contribution in [3.05, 3.63) is 93.9 Å². The van der Waals surface area contributed by atoms with Crippen molar-refractivity contribution in [2.24, 2.45) is 4.99 Å². The molecule has 2 aliphatic rings. The van der Waals surface area contributed by atoms with E-state index in [1.807, 2.05) is 62.6 Å². The number of amides is 1. The Bertz CT molecular complexity index is 1480. The van der Waals surface area contributed by atoms with Crippen LogP contribution in [0.15, 0.2) is 92.6 Å². The van der Waals surface area contributed by atoms with E-state index in [0.29, 0.717) is 27.9 Å². The van der Waals surface area contributed by atoms with Crippen LogP contribution in [0.3, 0.4) is 0 Å². The SMILES string of the molecule is CCN1/C(=C2/SC(=Nc3cc(C#N)ccc3NCCN(C)C)N(Cc3ccccc3)C2=O)Sc2ccccc21. The molecule has 0 spiro atoms. The lowest BCUT2D eigenvalue weighted by Gasteiger charge is -2.19. The first-order valence-electron chi connectivity index (χ1n) is 12.8. The van der Waals surface area contributed by atoms with Crippen molar-refractivity contribution in [2.45, 2.75) is 18.4 Å². The third-order valence-corrected chi connectivity index (χ3v) is 8.76. The average molecular weight is 555 g/mol. The Balaban J connectivity index is 1.57. The van der Waals surface area contributed by atoms with Gasteiger partial charge in [0, 0.05) is 24.5 Å². The molecular weight excluding hydrogens is 525 g/mol. The molecule has 1 amide bonds. The Labute approximate surface area is 238 Å². The molecule has 0 bridgehead atoms. The van der Waals surface area contributed by atoms with Crippen molar-refractivity contribution in [1.29, 1.82) is 5.26 Å². The fourth-order valence-electron chi connectivity index (χ4n) is 4.40. The molecule has 0 unspecified atom stereocenters. The number of thioether (sulfide) groups is 2. The smallest absolute Gasteiger partial charge is 0.269 e. The van der Waals surface area contributed by atoms with Crippen molar-refractivity contribution in [3.63, 3.8) is 0 Å². The normalized spacial score (nSPS) is 17.7. The molecule has 2 aliphatic heterocycles. The van der Waals surface area contributed by atoms with Crippen LogP contribution in [0.4, 0.5) is 17.1 Å². The van der Waals surface area contributed by atoms with Crippen molar-refractivity contribution < 1.29 is 4.79 Å². The average Bonchev–Trinajstić information content (AvgIpc) is 3.46.